The normalized spacial score (nSPS) is 10.3. The van der Waals surface area contributed by atoms with Gasteiger partial charge in [0.05, 0.1) is 16.6 Å². The number of aliphatic hydroxyl groups excluding tert-OH is 1. The van der Waals surface area contributed by atoms with Crippen LogP contribution in [0, 0.1) is 0 Å². The Morgan fingerprint density at radius 3 is 2.94 bits per heavy atom. The van der Waals surface area contributed by atoms with Crippen molar-refractivity contribution in [3.05, 3.63) is 47.3 Å². The maximum atomic E-state index is 11.7. The summed E-state index contributed by atoms with van der Waals surface area (Å²) in [6, 6.07) is 11.2. The Labute approximate surface area is 114 Å². The summed E-state index contributed by atoms with van der Waals surface area (Å²) in [6.45, 7) is -0.0202. The maximum absolute atomic E-state index is 11.7. The lowest BCUT2D eigenvalue weighted by Crippen LogP contribution is -2.13. The minimum atomic E-state index is -0.0384. The van der Waals surface area contributed by atoms with E-state index in [1.54, 1.807) is 17.4 Å². The maximum Gasteiger partial charge on any atom is 0.234 e. The third kappa shape index (κ3) is 3.87. The molecule has 0 saturated heterocycles. The third-order valence-electron chi connectivity index (χ3n) is 2.23. The Balaban J connectivity index is 1.86. The van der Waals surface area contributed by atoms with Crippen LogP contribution in [0.15, 0.2) is 46.0 Å². The molecule has 0 aliphatic heterocycles. The molecule has 2 N–H and O–H groups in total. The second-order valence-corrected chi connectivity index (χ2v) is 5.85. The van der Waals surface area contributed by atoms with E-state index in [2.05, 4.69) is 5.32 Å². The van der Waals surface area contributed by atoms with Gasteiger partial charge < -0.3 is 10.4 Å². The van der Waals surface area contributed by atoms with E-state index in [-0.39, 0.29) is 12.5 Å². The number of nitrogens with one attached hydrogen (secondary N) is 1. The fourth-order valence-corrected chi connectivity index (χ4v) is 3.01. The van der Waals surface area contributed by atoms with Crippen molar-refractivity contribution in [2.24, 2.45) is 0 Å². The minimum absolute atomic E-state index is 0.0202. The first kappa shape index (κ1) is 13.1. The molecule has 0 saturated carbocycles. The van der Waals surface area contributed by atoms with Crippen molar-refractivity contribution in [3.8, 4) is 0 Å². The molecule has 94 valence electrons. The van der Waals surface area contributed by atoms with Gasteiger partial charge >= 0.3 is 0 Å². The molecule has 0 bridgehead atoms. The number of rotatable bonds is 5. The smallest absolute Gasteiger partial charge is 0.234 e. The van der Waals surface area contributed by atoms with Crippen LogP contribution in [0.3, 0.4) is 0 Å². The molecule has 1 amide bonds. The Kier molecular flexibility index (Phi) is 4.81. The van der Waals surface area contributed by atoms with Crippen molar-refractivity contribution in [3.63, 3.8) is 0 Å². The van der Waals surface area contributed by atoms with E-state index in [1.165, 1.54) is 11.8 Å². The van der Waals surface area contributed by atoms with Gasteiger partial charge in [0, 0.05) is 5.69 Å². The van der Waals surface area contributed by atoms with Crippen molar-refractivity contribution in [1.82, 2.24) is 0 Å². The molecule has 2 rings (SSSR count). The predicted octanol–water partition coefficient (Wildman–Crippen LogP) is 2.97. The van der Waals surface area contributed by atoms with E-state index in [0.717, 1.165) is 15.5 Å². The topological polar surface area (TPSA) is 49.3 Å². The van der Waals surface area contributed by atoms with Crippen molar-refractivity contribution < 1.29 is 9.90 Å². The van der Waals surface area contributed by atoms with E-state index >= 15 is 0 Å². The van der Waals surface area contributed by atoms with Crippen LogP contribution in [0.2, 0.25) is 0 Å². The summed E-state index contributed by atoms with van der Waals surface area (Å²) < 4.78 is 1.13. The first-order valence-corrected chi connectivity index (χ1v) is 7.30. The van der Waals surface area contributed by atoms with Crippen LogP contribution < -0.4 is 5.32 Å². The second-order valence-electron chi connectivity index (χ2n) is 3.63. The summed E-state index contributed by atoms with van der Waals surface area (Å²) in [5.74, 6) is 0.354. The van der Waals surface area contributed by atoms with Crippen molar-refractivity contribution >= 4 is 34.7 Å². The highest BCUT2D eigenvalue weighted by atomic mass is 32.2. The number of amides is 1. The van der Waals surface area contributed by atoms with Gasteiger partial charge in [0.15, 0.2) is 0 Å². The van der Waals surface area contributed by atoms with Crippen LogP contribution in [0.4, 0.5) is 5.69 Å². The summed E-state index contributed by atoms with van der Waals surface area (Å²) >= 11 is 3.15. The quantitative estimate of drug-likeness (QED) is 0.827. The van der Waals surface area contributed by atoms with Crippen LogP contribution in [0.25, 0.3) is 0 Å². The van der Waals surface area contributed by atoms with Gasteiger partial charge in [0.1, 0.15) is 0 Å². The molecule has 1 heterocycles. The van der Waals surface area contributed by atoms with Crippen LogP contribution >= 0.6 is 23.1 Å². The number of anilines is 1. The number of aliphatic hydroxyl groups is 1. The number of thioether (sulfide) groups is 1. The van der Waals surface area contributed by atoms with Gasteiger partial charge in [-0.15, -0.1) is 23.1 Å². The molecule has 0 aliphatic rings. The fraction of sp³-hybridized carbons (Fsp3) is 0.154. The number of carbonyl (C=O) groups is 1. The molecule has 0 radical (unpaired) electrons. The lowest BCUT2D eigenvalue weighted by Gasteiger charge is -2.05. The van der Waals surface area contributed by atoms with E-state index in [9.17, 15) is 4.79 Å². The molecule has 0 fully saturated rings. The van der Waals surface area contributed by atoms with Gasteiger partial charge in [0.25, 0.3) is 0 Å². The largest absolute Gasteiger partial charge is 0.392 e. The molecule has 5 heteroatoms. The number of thiophene rings is 1. The van der Waals surface area contributed by atoms with Crippen LogP contribution in [0.5, 0.6) is 0 Å². The van der Waals surface area contributed by atoms with Gasteiger partial charge in [0.2, 0.25) is 5.91 Å². The zero-order valence-electron chi connectivity index (χ0n) is 9.63. The molecule has 1 aromatic heterocycles. The summed E-state index contributed by atoms with van der Waals surface area (Å²) in [7, 11) is 0. The summed E-state index contributed by atoms with van der Waals surface area (Å²) in [5.41, 5.74) is 1.51. The van der Waals surface area contributed by atoms with Gasteiger partial charge in [-0.1, -0.05) is 18.2 Å². The first-order valence-electron chi connectivity index (χ1n) is 5.44. The summed E-state index contributed by atoms with van der Waals surface area (Å²) in [6.07, 6.45) is 0. The highest BCUT2D eigenvalue weighted by Crippen LogP contribution is 2.23. The SMILES string of the molecule is O=C(CSc1cccs1)Nc1cccc(CO)c1. The Bertz CT molecular complexity index is 511. The number of hydrogen-bond acceptors (Lipinski definition) is 4. The highest BCUT2D eigenvalue weighted by molar-refractivity contribution is 8.01. The zero-order valence-corrected chi connectivity index (χ0v) is 11.3. The molecule has 0 atom stereocenters. The Morgan fingerprint density at radius 2 is 2.22 bits per heavy atom. The minimum Gasteiger partial charge on any atom is -0.392 e. The molecular weight excluding hydrogens is 266 g/mol. The van der Waals surface area contributed by atoms with Gasteiger partial charge in [-0.3, -0.25) is 4.79 Å². The summed E-state index contributed by atoms with van der Waals surface area (Å²) in [5, 5.41) is 13.8. The molecule has 1 aromatic carbocycles. The van der Waals surface area contributed by atoms with Crippen molar-refractivity contribution in [1.29, 1.82) is 0 Å². The molecule has 18 heavy (non-hydrogen) atoms. The lowest BCUT2D eigenvalue weighted by atomic mass is 10.2. The van der Waals surface area contributed by atoms with Gasteiger partial charge in [-0.25, -0.2) is 0 Å². The van der Waals surface area contributed by atoms with Crippen molar-refractivity contribution in [2.45, 2.75) is 10.8 Å². The Morgan fingerprint density at radius 1 is 1.33 bits per heavy atom. The fourth-order valence-electron chi connectivity index (χ4n) is 1.43. The van der Waals surface area contributed by atoms with E-state index in [0.29, 0.717) is 5.75 Å². The van der Waals surface area contributed by atoms with E-state index in [1.807, 2.05) is 35.7 Å². The molecule has 0 aliphatic carbocycles. The monoisotopic (exact) mass is 279 g/mol. The highest BCUT2D eigenvalue weighted by Gasteiger charge is 2.04. The average molecular weight is 279 g/mol. The summed E-state index contributed by atoms with van der Waals surface area (Å²) in [4.78, 5) is 11.7. The number of hydrogen-bond donors (Lipinski definition) is 2. The average Bonchev–Trinajstić information content (AvgIpc) is 2.90. The van der Waals surface area contributed by atoms with Crippen LogP contribution in [0.1, 0.15) is 5.56 Å². The molecular formula is C13H13NO2S2. The molecule has 3 nitrogen and oxygen atoms in total. The predicted molar refractivity (Wildman–Crippen MR) is 76.0 cm³/mol. The molecule has 0 spiro atoms. The Hall–Kier alpha value is -1.30. The molecule has 2 aromatic rings. The first-order chi connectivity index (χ1) is 8.78. The van der Waals surface area contributed by atoms with E-state index < -0.39 is 0 Å². The standard InChI is InChI=1S/C13H13NO2S2/c15-8-10-3-1-4-11(7-10)14-12(16)9-18-13-5-2-6-17-13/h1-7,15H,8-9H2,(H,14,16). The van der Waals surface area contributed by atoms with Crippen LogP contribution in [-0.4, -0.2) is 16.8 Å². The van der Waals surface area contributed by atoms with Gasteiger partial charge in [-0.05, 0) is 29.1 Å². The van der Waals surface area contributed by atoms with Crippen LogP contribution in [-0.2, 0) is 11.4 Å². The second kappa shape index (κ2) is 6.58. The number of benzene rings is 1. The lowest BCUT2D eigenvalue weighted by molar-refractivity contribution is -0.113. The zero-order chi connectivity index (χ0) is 12.8. The van der Waals surface area contributed by atoms with E-state index in [4.69, 9.17) is 5.11 Å². The van der Waals surface area contributed by atoms with Gasteiger partial charge in [-0.2, -0.15) is 0 Å². The van der Waals surface area contributed by atoms with Crippen molar-refractivity contribution in [2.75, 3.05) is 11.1 Å². The third-order valence-corrected chi connectivity index (χ3v) is 4.36. The molecule has 0 unspecified atom stereocenters. The number of carbonyl (C=O) groups excluding carboxylic acids is 1.